The number of nitrogens with two attached hydrogens (primary N) is 1. The molecule has 1 saturated heterocycles. The first-order valence-electron chi connectivity index (χ1n) is 5.65. The van der Waals surface area contributed by atoms with E-state index in [0.717, 1.165) is 18.8 Å². The van der Waals surface area contributed by atoms with Crippen molar-refractivity contribution in [1.82, 2.24) is 9.97 Å². The molecule has 2 heterocycles. The summed E-state index contributed by atoms with van der Waals surface area (Å²) < 4.78 is 0. The summed E-state index contributed by atoms with van der Waals surface area (Å²) in [6, 6.07) is 0.606. The third-order valence-electron chi connectivity index (χ3n) is 3.03. The lowest BCUT2D eigenvalue weighted by molar-refractivity contribution is 0.446. The van der Waals surface area contributed by atoms with Crippen LogP contribution in [0.3, 0.4) is 0 Å². The first kappa shape index (κ1) is 10.2. The minimum atomic E-state index is 0.507. The monoisotopic (exact) mass is 206 g/mol. The van der Waals surface area contributed by atoms with E-state index in [0.29, 0.717) is 11.9 Å². The normalized spacial score (nSPS) is 21.7. The van der Waals surface area contributed by atoms with Crippen LogP contribution in [0.2, 0.25) is 0 Å². The number of hydrogen-bond acceptors (Lipinski definition) is 4. The summed E-state index contributed by atoms with van der Waals surface area (Å²) in [5.41, 5.74) is 5.65. The second-order valence-corrected chi connectivity index (χ2v) is 4.05. The highest BCUT2D eigenvalue weighted by Gasteiger charge is 2.22. The molecule has 0 bridgehead atoms. The van der Waals surface area contributed by atoms with E-state index in [4.69, 9.17) is 5.73 Å². The number of rotatable bonds is 2. The van der Waals surface area contributed by atoms with Crippen LogP contribution in [0.1, 0.15) is 32.6 Å². The first-order valence-corrected chi connectivity index (χ1v) is 5.65. The summed E-state index contributed by atoms with van der Waals surface area (Å²) in [7, 11) is 0. The molecule has 1 aromatic heterocycles. The number of nitrogen functional groups attached to an aromatic ring is 1. The van der Waals surface area contributed by atoms with Crippen LogP contribution < -0.4 is 10.6 Å². The zero-order valence-electron chi connectivity index (χ0n) is 9.19. The van der Waals surface area contributed by atoms with Crippen LogP contribution >= 0.6 is 0 Å². The Morgan fingerprint density at radius 1 is 1.47 bits per heavy atom. The lowest BCUT2D eigenvalue weighted by atomic mass is 10.0. The fraction of sp³-hybridized carbons (Fsp3) is 0.636. The molecule has 1 atom stereocenters. The summed E-state index contributed by atoms with van der Waals surface area (Å²) >= 11 is 0. The van der Waals surface area contributed by atoms with Crippen molar-refractivity contribution in [3.05, 3.63) is 12.4 Å². The van der Waals surface area contributed by atoms with Crippen molar-refractivity contribution in [2.75, 3.05) is 17.2 Å². The Bertz CT molecular complexity index is 326. The third kappa shape index (κ3) is 2.19. The lowest BCUT2D eigenvalue weighted by Crippen LogP contribution is -2.39. The Morgan fingerprint density at radius 3 is 3.07 bits per heavy atom. The quantitative estimate of drug-likeness (QED) is 0.802. The second-order valence-electron chi connectivity index (χ2n) is 4.05. The van der Waals surface area contributed by atoms with Gasteiger partial charge in [0.1, 0.15) is 11.6 Å². The van der Waals surface area contributed by atoms with Crippen LogP contribution in [-0.4, -0.2) is 22.6 Å². The minimum Gasteiger partial charge on any atom is -0.382 e. The topological polar surface area (TPSA) is 55.0 Å². The average Bonchev–Trinajstić information content (AvgIpc) is 2.29. The summed E-state index contributed by atoms with van der Waals surface area (Å²) in [6.07, 6.45) is 8.39. The Labute approximate surface area is 90.5 Å². The molecule has 2 rings (SSSR count). The molecular weight excluding hydrogens is 188 g/mol. The van der Waals surface area contributed by atoms with Gasteiger partial charge in [-0.2, -0.15) is 0 Å². The predicted molar refractivity (Wildman–Crippen MR) is 61.7 cm³/mol. The third-order valence-corrected chi connectivity index (χ3v) is 3.03. The molecule has 0 aliphatic carbocycles. The summed E-state index contributed by atoms with van der Waals surface area (Å²) in [4.78, 5) is 10.8. The van der Waals surface area contributed by atoms with Crippen LogP contribution in [-0.2, 0) is 0 Å². The number of hydrogen-bond donors (Lipinski definition) is 1. The molecule has 4 heteroatoms. The predicted octanol–water partition coefficient (Wildman–Crippen LogP) is 1.83. The Morgan fingerprint density at radius 2 is 2.33 bits per heavy atom. The van der Waals surface area contributed by atoms with E-state index in [2.05, 4.69) is 21.8 Å². The van der Waals surface area contributed by atoms with Crippen molar-refractivity contribution in [2.45, 2.75) is 38.6 Å². The highest BCUT2D eigenvalue weighted by Crippen LogP contribution is 2.24. The van der Waals surface area contributed by atoms with Gasteiger partial charge < -0.3 is 10.6 Å². The molecular formula is C11H18N4. The van der Waals surface area contributed by atoms with Crippen LogP contribution in [0.15, 0.2) is 12.4 Å². The molecule has 0 saturated carbocycles. The molecule has 2 N–H and O–H groups in total. The molecule has 0 aromatic carbocycles. The van der Waals surface area contributed by atoms with Crippen molar-refractivity contribution < 1.29 is 0 Å². The second kappa shape index (κ2) is 4.47. The molecule has 1 unspecified atom stereocenters. The maximum Gasteiger partial charge on any atom is 0.149 e. The fourth-order valence-corrected chi connectivity index (χ4v) is 2.24. The van der Waals surface area contributed by atoms with Crippen molar-refractivity contribution in [3.8, 4) is 0 Å². The van der Waals surface area contributed by atoms with Crippen LogP contribution in [0.5, 0.6) is 0 Å². The van der Waals surface area contributed by atoms with Gasteiger partial charge in [0.05, 0.1) is 12.4 Å². The summed E-state index contributed by atoms with van der Waals surface area (Å²) in [5.74, 6) is 1.44. The van der Waals surface area contributed by atoms with Gasteiger partial charge in [-0.25, -0.2) is 4.98 Å². The van der Waals surface area contributed by atoms with E-state index in [-0.39, 0.29) is 0 Å². The lowest BCUT2D eigenvalue weighted by Gasteiger charge is -2.35. The fourth-order valence-electron chi connectivity index (χ4n) is 2.24. The number of anilines is 2. The highest BCUT2D eigenvalue weighted by molar-refractivity contribution is 5.42. The molecule has 1 aromatic rings. The smallest absolute Gasteiger partial charge is 0.149 e. The van der Waals surface area contributed by atoms with E-state index in [1.54, 1.807) is 6.20 Å². The van der Waals surface area contributed by atoms with E-state index in [1.807, 2.05) is 6.20 Å². The zero-order valence-corrected chi connectivity index (χ0v) is 9.19. The Hall–Kier alpha value is -1.32. The first-order chi connectivity index (χ1) is 7.31. The van der Waals surface area contributed by atoms with Crippen LogP contribution in [0, 0.1) is 0 Å². The maximum absolute atomic E-state index is 5.65. The highest BCUT2D eigenvalue weighted by atomic mass is 15.2. The zero-order chi connectivity index (χ0) is 10.7. The van der Waals surface area contributed by atoms with Gasteiger partial charge in [-0.15, -0.1) is 0 Å². The van der Waals surface area contributed by atoms with Crippen LogP contribution in [0.4, 0.5) is 11.6 Å². The van der Waals surface area contributed by atoms with Gasteiger partial charge in [-0.3, -0.25) is 4.98 Å². The maximum atomic E-state index is 5.65. The molecule has 15 heavy (non-hydrogen) atoms. The molecule has 1 fully saturated rings. The van der Waals surface area contributed by atoms with Gasteiger partial charge in [0.2, 0.25) is 0 Å². The molecule has 4 nitrogen and oxygen atoms in total. The van der Waals surface area contributed by atoms with Gasteiger partial charge in [0, 0.05) is 12.6 Å². The van der Waals surface area contributed by atoms with E-state index in [1.165, 1.54) is 19.3 Å². The van der Waals surface area contributed by atoms with E-state index in [9.17, 15) is 0 Å². The molecule has 1 aliphatic heterocycles. The molecule has 0 amide bonds. The van der Waals surface area contributed by atoms with Crippen molar-refractivity contribution in [2.24, 2.45) is 0 Å². The van der Waals surface area contributed by atoms with Crippen molar-refractivity contribution >= 4 is 11.6 Å². The Kier molecular flexibility index (Phi) is 3.04. The standard InChI is InChI=1S/C11H18N4/c1-2-9-5-3-4-6-15(9)11-8-13-7-10(12)14-11/h7-9H,2-6H2,1H3,(H2,12,14). The van der Waals surface area contributed by atoms with Gasteiger partial charge in [-0.1, -0.05) is 6.92 Å². The summed E-state index contributed by atoms with van der Waals surface area (Å²) in [6.45, 7) is 3.30. The SMILES string of the molecule is CCC1CCCCN1c1cncc(N)n1. The number of nitrogens with zero attached hydrogens (tertiary/aromatic N) is 3. The van der Waals surface area contributed by atoms with Crippen molar-refractivity contribution in [3.63, 3.8) is 0 Å². The molecule has 0 radical (unpaired) electrons. The Balaban J connectivity index is 2.20. The molecule has 82 valence electrons. The molecule has 0 spiro atoms. The van der Waals surface area contributed by atoms with Gasteiger partial charge >= 0.3 is 0 Å². The van der Waals surface area contributed by atoms with E-state index >= 15 is 0 Å². The molecule has 1 aliphatic rings. The minimum absolute atomic E-state index is 0.507. The van der Waals surface area contributed by atoms with E-state index < -0.39 is 0 Å². The van der Waals surface area contributed by atoms with Crippen molar-refractivity contribution in [1.29, 1.82) is 0 Å². The average molecular weight is 206 g/mol. The van der Waals surface area contributed by atoms with Gasteiger partial charge in [0.25, 0.3) is 0 Å². The summed E-state index contributed by atoms with van der Waals surface area (Å²) in [5, 5.41) is 0. The van der Waals surface area contributed by atoms with Gasteiger partial charge in [-0.05, 0) is 25.7 Å². The largest absolute Gasteiger partial charge is 0.382 e. The van der Waals surface area contributed by atoms with Gasteiger partial charge in [0.15, 0.2) is 0 Å². The number of aromatic nitrogens is 2. The van der Waals surface area contributed by atoms with Crippen LogP contribution in [0.25, 0.3) is 0 Å². The number of piperidine rings is 1.